The van der Waals surface area contributed by atoms with Crippen LogP contribution in [0.5, 0.6) is 0 Å². The van der Waals surface area contributed by atoms with Gasteiger partial charge in [0.25, 0.3) is 0 Å². The first-order chi connectivity index (χ1) is 8.56. The molecule has 92 valence electrons. The number of hydrogen-bond donors (Lipinski definition) is 1. The lowest BCUT2D eigenvalue weighted by atomic mass is 10.1. The quantitative estimate of drug-likeness (QED) is 0.814. The van der Waals surface area contributed by atoms with Crippen LogP contribution in [0.15, 0.2) is 40.9 Å². The molecule has 0 radical (unpaired) electrons. The molecule has 1 aromatic carbocycles. The molecule has 0 saturated heterocycles. The fraction of sp³-hybridized carbons (Fsp3) is 0. The van der Waals surface area contributed by atoms with Crippen LogP contribution in [-0.4, -0.2) is 11.1 Å². The van der Waals surface area contributed by atoms with E-state index in [2.05, 4.69) is 15.9 Å². The molecule has 0 unspecified atom stereocenters. The molecule has 18 heavy (non-hydrogen) atoms. The number of carboxylic acids is 1. The SMILES string of the molecule is O=C(O)/C(=C\c1cccc(Br)c1)c1ccc(Cl)s1. The summed E-state index contributed by atoms with van der Waals surface area (Å²) in [5.74, 6) is -0.964. The summed E-state index contributed by atoms with van der Waals surface area (Å²) in [5, 5.41) is 9.25. The van der Waals surface area contributed by atoms with E-state index in [1.807, 2.05) is 24.3 Å². The lowest BCUT2D eigenvalue weighted by molar-refractivity contribution is -0.130. The predicted octanol–water partition coefficient (Wildman–Crippen LogP) is 4.79. The Morgan fingerprint density at radius 3 is 2.67 bits per heavy atom. The van der Waals surface area contributed by atoms with Crippen LogP contribution in [-0.2, 0) is 4.79 Å². The maximum atomic E-state index is 11.3. The normalized spacial score (nSPS) is 11.6. The minimum Gasteiger partial charge on any atom is -0.478 e. The van der Waals surface area contributed by atoms with Gasteiger partial charge in [0.15, 0.2) is 0 Å². The fourth-order valence-corrected chi connectivity index (χ4v) is 2.93. The van der Waals surface area contributed by atoms with Crippen molar-refractivity contribution in [2.24, 2.45) is 0 Å². The number of thiophene rings is 1. The van der Waals surface area contributed by atoms with E-state index < -0.39 is 5.97 Å². The van der Waals surface area contributed by atoms with Crippen molar-refractivity contribution in [3.05, 3.63) is 55.6 Å². The van der Waals surface area contributed by atoms with Gasteiger partial charge in [-0.05, 0) is 35.9 Å². The summed E-state index contributed by atoms with van der Waals surface area (Å²) in [4.78, 5) is 11.9. The first-order valence-corrected chi connectivity index (χ1v) is 7.01. The molecule has 2 aromatic rings. The Hall–Kier alpha value is -1.10. The van der Waals surface area contributed by atoms with Gasteiger partial charge < -0.3 is 5.11 Å². The Morgan fingerprint density at radius 2 is 2.11 bits per heavy atom. The van der Waals surface area contributed by atoms with E-state index >= 15 is 0 Å². The highest BCUT2D eigenvalue weighted by atomic mass is 79.9. The maximum Gasteiger partial charge on any atom is 0.337 e. The minimum atomic E-state index is -0.964. The van der Waals surface area contributed by atoms with Crippen molar-refractivity contribution in [2.75, 3.05) is 0 Å². The molecule has 0 amide bonds. The second kappa shape index (κ2) is 5.69. The van der Waals surface area contributed by atoms with E-state index in [1.165, 1.54) is 11.3 Å². The van der Waals surface area contributed by atoms with Gasteiger partial charge in [-0.3, -0.25) is 0 Å². The zero-order chi connectivity index (χ0) is 13.1. The van der Waals surface area contributed by atoms with Crippen LogP contribution in [0.3, 0.4) is 0 Å². The molecule has 0 saturated carbocycles. The number of carboxylic acid groups (broad SMARTS) is 1. The van der Waals surface area contributed by atoms with E-state index in [1.54, 1.807) is 18.2 Å². The number of aliphatic carboxylic acids is 1. The van der Waals surface area contributed by atoms with Crippen LogP contribution in [0.25, 0.3) is 11.6 Å². The number of halogens is 2. The summed E-state index contributed by atoms with van der Waals surface area (Å²) in [6.07, 6.45) is 1.63. The third-order valence-electron chi connectivity index (χ3n) is 2.23. The van der Waals surface area contributed by atoms with Crippen LogP contribution < -0.4 is 0 Å². The molecule has 0 aliphatic carbocycles. The number of carbonyl (C=O) groups is 1. The Morgan fingerprint density at radius 1 is 1.33 bits per heavy atom. The van der Waals surface area contributed by atoms with Gasteiger partial charge in [0.05, 0.1) is 9.91 Å². The van der Waals surface area contributed by atoms with E-state index in [0.717, 1.165) is 10.0 Å². The Labute approximate surface area is 122 Å². The molecule has 0 aliphatic heterocycles. The van der Waals surface area contributed by atoms with Crippen molar-refractivity contribution in [1.29, 1.82) is 0 Å². The number of hydrogen-bond acceptors (Lipinski definition) is 2. The van der Waals surface area contributed by atoms with Crippen molar-refractivity contribution in [2.45, 2.75) is 0 Å². The maximum absolute atomic E-state index is 11.3. The molecule has 1 N–H and O–H groups in total. The van der Waals surface area contributed by atoms with Gasteiger partial charge in [0.2, 0.25) is 0 Å². The van der Waals surface area contributed by atoms with Gasteiger partial charge in [-0.25, -0.2) is 4.79 Å². The largest absolute Gasteiger partial charge is 0.478 e. The molecular weight excluding hydrogens is 336 g/mol. The first kappa shape index (κ1) is 13.3. The van der Waals surface area contributed by atoms with Crippen LogP contribution in [0, 0.1) is 0 Å². The average Bonchev–Trinajstić information content (AvgIpc) is 2.72. The van der Waals surface area contributed by atoms with Crippen molar-refractivity contribution < 1.29 is 9.90 Å². The zero-order valence-corrected chi connectivity index (χ0v) is 12.2. The molecular formula is C13H8BrClO2S. The van der Waals surface area contributed by atoms with Crippen molar-refractivity contribution in [3.8, 4) is 0 Å². The van der Waals surface area contributed by atoms with Gasteiger partial charge in [-0.15, -0.1) is 11.3 Å². The Kier molecular flexibility index (Phi) is 4.22. The van der Waals surface area contributed by atoms with E-state index in [-0.39, 0.29) is 5.57 Å². The average molecular weight is 344 g/mol. The highest BCUT2D eigenvalue weighted by molar-refractivity contribution is 9.10. The Bertz CT molecular complexity index is 619. The van der Waals surface area contributed by atoms with Crippen LogP contribution in [0.4, 0.5) is 0 Å². The second-order valence-corrected chi connectivity index (χ2v) is 6.15. The molecule has 0 aliphatic rings. The molecule has 0 spiro atoms. The highest BCUT2D eigenvalue weighted by Crippen LogP contribution is 2.29. The molecule has 2 nitrogen and oxygen atoms in total. The van der Waals surface area contributed by atoms with Crippen molar-refractivity contribution in [3.63, 3.8) is 0 Å². The Balaban J connectivity index is 2.45. The first-order valence-electron chi connectivity index (χ1n) is 5.02. The topological polar surface area (TPSA) is 37.3 Å². The molecule has 0 atom stereocenters. The number of benzene rings is 1. The lowest BCUT2D eigenvalue weighted by Crippen LogP contribution is -1.97. The van der Waals surface area contributed by atoms with Crippen LogP contribution in [0.2, 0.25) is 4.34 Å². The van der Waals surface area contributed by atoms with Gasteiger partial charge in [-0.1, -0.05) is 39.7 Å². The summed E-state index contributed by atoms with van der Waals surface area (Å²) in [6, 6.07) is 10.9. The van der Waals surface area contributed by atoms with Crippen molar-refractivity contribution in [1.82, 2.24) is 0 Å². The smallest absolute Gasteiger partial charge is 0.337 e. The predicted molar refractivity (Wildman–Crippen MR) is 79.0 cm³/mol. The minimum absolute atomic E-state index is 0.241. The summed E-state index contributed by atoms with van der Waals surface area (Å²) in [7, 11) is 0. The van der Waals surface area contributed by atoms with E-state index in [0.29, 0.717) is 9.21 Å². The van der Waals surface area contributed by atoms with E-state index in [9.17, 15) is 9.90 Å². The molecule has 1 aromatic heterocycles. The van der Waals surface area contributed by atoms with Gasteiger partial charge >= 0.3 is 5.97 Å². The second-order valence-electron chi connectivity index (χ2n) is 3.52. The van der Waals surface area contributed by atoms with Crippen molar-refractivity contribution >= 4 is 56.5 Å². The highest BCUT2D eigenvalue weighted by Gasteiger charge is 2.12. The molecule has 5 heteroatoms. The van der Waals surface area contributed by atoms with Gasteiger partial charge in [-0.2, -0.15) is 0 Å². The standard InChI is InChI=1S/C13H8BrClO2S/c14-9-3-1-2-8(6-9)7-10(13(16)17)11-4-5-12(15)18-11/h1-7H,(H,16,17)/b10-7-. The van der Waals surface area contributed by atoms with E-state index in [4.69, 9.17) is 11.6 Å². The fourth-order valence-electron chi connectivity index (χ4n) is 1.46. The molecule has 0 bridgehead atoms. The summed E-state index contributed by atoms with van der Waals surface area (Å²) < 4.78 is 1.48. The molecule has 1 heterocycles. The summed E-state index contributed by atoms with van der Waals surface area (Å²) in [5.41, 5.74) is 1.07. The number of rotatable bonds is 3. The van der Waals surface area contributed by atoms with Gasteiger partial charge in [0, 0.05) is 9.35 Å². The lowest BCUT2D eigenvalue weighted by Gasteiger charge is -2.00. The third kappa shape index (κ3) is 3.22. The molecule has 0 fully saturated rings. The van der Waals surface area contributed by atoms with Gasteiger partial charge in [0.1, 0.15) is 0 Å². The third-order valence-corrected chi connectivity index (χ3v) is 3.99. The van der Waals surface area contributed by atoms with Crippen LogP contribution >= 0.6 is 38.9 Å². The molecule has 2 rings (SSSR count). The monoisotopic (exact) mass is 342 g/mol. The zero-order valence-electron chi connectivity index (χ0n) is 9.06. The summed E-state index contributed by atoms with van der Waals surface area (Å²) in [6.45, 7) is 0. The summed E-state index contributed by atoms with van der Waals surface area (Å²) >= 11 is 10.4. The van der Waals surface area contributed by atoms with Crippen LogP contribution in [0.1, 0.15) is 10.4 Å².